The number of nitrogens with two attached hydrogens (primary N) is 1. The molecule has 0 radical (unpaired) electrons. The predicted octanol–water partition coefficient (Wildman–Crippen LogP) is 4.61. The first-order chi connectivity index (χ1) is 39.1. The zero-order valence-electron chi connectivity index (χ0n) is 51.5. The van der Waals surface area contributed by atoms with E-state index in [4.69, 9.17) is 19.9 Å². The Morgan fingerprint density at radius 3 is 1.92 bits per heavy atom. The molecule has 2 aromatic rings. The van der Waals surface area contributed by atoms with Crippen molar-refractivity contribution >= 4 is 59.2 Å². The number of aliphatic hydroxyl groups is 1. The Labute approximate surface area is 491 Å². The SMILES string of the molecule is CC[C@H](C)[C@@H]([C@@H](CC(=O)N1CCC[C@H]1[C@H](OC)[C@@H](C)C(=O)N[C@H](C)[C@@H](O)c1ccccc1)OC)N(C)C(=O)[C@@H](NC(=O)C(C(C)C)N(C)C(=O)OCc1ccc(NC(=O)[C@H](CCCNC(N)=O)NC(=O)C(NC(C)=O)C(C)C)cc1)C(C)C. The first kappa shape index (κ1) is 70.4. The average molecular weight is 1170 g/mol. The second-order valence-electron chi connectivity index (χ2n) is 22.9. The lowest BCUT2D eigenvalue weighted by Crippen LogP contribution is -2.60. The minimum absolute atomic E-state index is 0.0813. The number of nitrogens with zero attached hydrogens (tertiary/aromatic N) is 3. The lowest BCUT2D eigenvalue weighted by molar-refractivity contribution is -0.148. The summed E-state index contributed by atoms with van der Waals surface area (Å²) in [6, 6.07) is 9.08. The molecule has 83 heavy (non-hydrogen) atoms. The normalized spacial score (nSPS) is 17.3. The van der Waals surface area contributed by atoms with Crippen molar-refractivity contribution in [3.63, 3.8) is 0 Å². The van der Waals surface area contributed by atoms with E-state index < -0.39 is 120 Å². The second-order valence-corrected chi connectivity index (χ2v) is 22.9. The Balaban J connectivity index is 1.71. The number of aliphatic hydroxyl groups excluding tert-OH is 1. The number of hydrogen-bond donors (Lipinski definition) is 8. The molecule has 1 fully saturated rings. The summed E-state index contributed by atoms with van der Waals surface area (Å²) in [5.41, 5.74) is 6.77. The molecule has 23 heteroatoms. The number of amides is 10. The van der Waals surface area contributed by atoms with E-state index in [9.17, 15) is 48.3 Å². The minimum Gasteiger partial charge on any atom is -0.445 e. The summed E-state index contributed by atoms with van der Waals surface area (Å²) in [7, 11) is 6.10. The van der Waals surface area contributed by atoms with Gasteiger partial charge in [0.1, 0.15) is 30.8 Å². The number of rotatable bonds is 32. The predicted molar refractivity (Wildman–Crippen MR) is 315 cm³/mol. The van der Waals surface area contributed by atoms with Gasteiger partial charge in [0.25, 0.3) is 0 Å². The van der Waals surface area contributed by atoms with Crippen LogP contribution in [0.25, 0.3) is 0 Å². The van der Waals surface area contributed by atoms with Gasteiger partial charge in [0.2, 0.25) is 41.4 Å². The van der Waals surface area contributed by atoms with Gasteiger partial charge in [-0.3, -0.25) is 38.5 Å². The van der Waals surface area contributed by atoms with Crippen molar-refractivity contribution in [2.24, 2.45) is 35.3 Å². The van der Waals surface area contributed by atoms with Crippen LogP contribution in [0, 0.1) is 29.6 Å². The number of methoxy groups -OCH3 is 2. The maximum absolute atomic E-state index is 14.7. The van der Waals surface area contributed by atoms with Gasteiger partial charge in [-0.25, -0.2) is 9.59 Å². The van der Waals surface area contributed by atoms with Crippen molar-refractivity contribution < 1.29 is 62.5 Å². The van der Waals surface area contributed by atoms with E-state index in [2.05, 4.69) is 31.9 Å². The Morgan fingerprint density at radius 1 is 0.747 bits per heavy atom. The van der Waals surface area contributed by atoms with Gasteiger partial charge in [-0.1, -0.05) is 111 Å². The lowest BCUT2D eigenvalue weighted by atomic mass is 9.89. The lowest BCUT2D eigenvalue weighted by Gasteiger charge is -2.41. The minimum atomic E-state index is -1.06. The molecule has 0 aromatic heterocycles. The summed E-state index contributed by atoms with van der Waals surface area (Å²) in [4.78, 5) is 125. The third-order valence-corrected chi connectivity index (χ3v) is 15.6. The summed E-state index contributed by atoms with van der Waals surface area (Å²) >= 11 is 0. The maximum atomic E-state index is 14.7. The van der Waals surface area contributed by atoms with Gasteiger partial charge in [-0.2, -0.15) is 0 Å². The molecule has 1 aliphatic heterocycles. The Bertz CT molecular complexity index is 2450. The number of carbonyl (C=O) groups excluding carboxylic acids is 9. The first-order valence-electron chi connectivity index (χ1n) is 29.0. The largest absolute Gasteiger partial charge is 0.445 e. The fourth-order valence-corrected chi connectivity index (χ4v) is 10.7. The van der Waals surface area contributed by atoms with Gasteiger partial charge in [-0.15, -0.1) is 0 Å². The average Bonchev–Trinajstić information content (AvgIpc) is 4.01. The number of nitrogens with one attached hydrogen (secondary N) is 6. The van der Waals surface area contributed by atoms with E-state index in [1.54, 1.807) is 109 Å². The Kier molecular flexibility index (Phi) is 28.9. The van der Waals surface area contributed by atoms with Crippen molar-refractivity contribution in [3.8, 4) is 0 Å². The number of likely N-dealkylation sites (tertiary alicyclic amines) is 1. The Morgan fingerprint density at radius 2 is 1.37 bits per heavy atom. The highest BCUT2D eigenvalue weighted by atomic mass is 16.6. The summed E-state index contributed by atoms with van der Waals surface area (Å²) in [5, 5.41) is 27.4. The molecule has 0 aliphatic carbocycles. The summed E-state index contributed by atoms with van der Waals surface area (Å²) < 4.78 is 17.7. The molecular formula is C60H96N10O13. The fraction of sp³-hybridized carbons (Fsp3) is 0.650. The second kappa shape index (κ2) is 34.1. The van der Waals surface area contributed by atoms with E-state index in [0.717, 1.165) is 0 Å². The molecule has 3 rings (SSSR count). The molecule has 0 saturated carbocycles. The number of likely N-dealkylation sites (N-methyl/N-ethyl adjacent to an activating group) is 2. The molecule has 1 aliphatic rings. The molecule has 10 amide bonds. The van der Waals surface area contributed by atoms with Crippen LogP contribution >= 0.6 is 0 Å². The summed E-state index contributed by atoms with van der Waals surface area (Å²) in [6.45, 7) is 19.8. The van der Waals surface area contributed by atoms with Gasteiger partial charge >= 0.3 is 12.1 Å². The van der Waals surface area contributed by atoms with Crippen LogP contribution in [-0.4, -0.2) is 169 Å². The van der Waals surface area contributed by atoms with Crippen molar-refractivity contribution in [2.45, 2.75) is 182 Å². The third kappa shape index (κ3) is 20.8. The third-order valence-electron chi connectivity index (χ3n) is 15.6. The molecule has 12 atom stereocenters. The van der Waals surface area contributed by atoms with Crippen LogP contribution in [0.3, 0.4) is 0 Å². The molecule has 2 unspecified atom stereocenters. The van der Waals surface area contributed by atoms with Crippen molar-refractivity contribution in [2.75, 3.05) is 46.7 Å². The molecule has 0 spiro atoms. The van der Waals surface area contributed by atoms with Crippen LogP contribution in [0.1, 0.15) is 132 Å². The monoisotopic (exact) mass is 1160 g/mol. The van der Waals surface area contributed by atoms with E-state index in [1.165, 1.54) is 33.1 Å². The molecule has 464 valence electrons. The molecule has 1 heterocycles. The molecule has 2 aromatic carbocycles. The highest BCUT2D eigenvalue weighted by Crippen LogP contribution is 2.30. The number of carbonyl (C=O) groups is 9. The molecule has 9 N–H and O–H groups in total. The van der Waals surface area contributed by atoms with Crippen molar-refractivity contribution in [1.29, 1.82) is 0 Å². The standard InChI is InChI=1S/C60H96N10O13/c1-16-37(8)51(46(81-14)32-47(72)70-31-21-25-45(70)53(82-15)38(9)54(74)63-39(10)52(73)42-22-18-17-19-23-42)68(12)58(78)49(35(4)5)67-57(77)50(36(6)7)69(13)60(80)83-33-41-26-28-43(29-27-41)65-55(75)44(24-20-30-62-59(61)79)66-56(76)48(34(2)3)64-40(11)71/h17-19,22-23,26-29,34-39,44-46,48-53,73H,16,20-21,24-25,30-33H2,1-15H3,(H,63,74)(H,64,71)(H,65,75)(H,66,76)(H,67,77)(H3,61,62,79)/t37-,38+,39+,44-,45-,46+,48?,49-,50?,51-,52+,53+/m0/s1. The number of urea groups is 1. The van der Waals surface area contributed by atoms with Crippen LogP contribution < -0.4 is 37.6 Å². The number of primary amides is 1. The van der Waals surface area contributed by atoms with E-state index in [-0.39, 0.29) is 49.6 Å². The number of benzene rings is 2. The number of anilines is 1. The van der Waals surface area contributed by atoms with Crippen LogP contribution in [0.2, 0.25) is 0 Å². The van der Waals surface area contributed by atoms with E-state index in [0.29, 0.717) is 49.0 Å². The van der Waals surface area contributed by atoms with Gasteiger partial charge in [0.15, 0.2) is 0 Å². The smallest absolute Gasteiger partial charge is 0.410 e. The maximum Gasteiger partial charge on any atom is 0.410 e. The van der Waals surface area contributed by atoms with Gasteiger partial charge in [0, 0.05) is 54.0 Å². The number of hydrogen-bond acceptors (Lipinski definition) is 13. The fourth-order valence-electron chi connectivity index (χ4n) is 10.7. The van der Waals surface area contributed by atoms with Gasteiger partial charge < -0.3 is 66.8 Å². The molecular weight excluding hydrogens is 1070 g/mol. The van der Waals surface area contributed by atoms with Crippen molar-refractivity contribution in [3.05, 3.63) is 65.7 Å². The van der Waals surface area contributed by atoms with E-state index >= 15 is 0 Å². The topological polar surface area (TPSA) is 309 Å². The van der Waals surface area contributed by atoms with Crippen LogP contribution in [0.5, 0.6) is 0 Å². The zero-order valence-corrected chi connectivity index (χ0v) is 51.5. The van der Waals surface area contributed by atoms with Gasteiger partial charge in [0.05, 0.1) is 48.8 Å². The van der Waals surface area contributed by atoms with Crippen LogP contribution in [0.15, 0.2) is 54.6 Å². The highest BCUT2D eigenvalue weighted by Gasteiger charge is 2.44. The summed E-state index contributed by atoms with van der Waals surface area (Å²) in [6.07, 6.45) is -0.892. The first-order valence-corrected chi connectivity index (χ1v) is 29.0. The quantitative estimate of drug-likeness (QED) is 0.0465. The van der Waals surface area contributed by atoms with E-state index in [1.807, 2.05) is 32.0 Å². The molecule has 0 bridgehead atoms. The van der Waals surface area contributed by atoms with Crippen LogP contribution in [0.4, 0.5) is 15.3 Å². The van der Waals surface area contributed by atoms with Gasteiger partial charge in [-0.05, 0) is 79.5 Å². The molecule has 1 saturated heterocycles. The highest BCUT2D eigenvalue weighted by molar-refractivity contribution is 5.98. The molecule has 23 nitrogen and oxygen atoms in total. The zero-order chi connectivity index (χ0) is 62.4. The summed E-state index contributed by atoms with van der Waals surface area (Å²) in [5.74, 6) is -5.01. The van der Waals surface area contributed by atoms with Crippen molar-refractivity contribution in [1.82, 2.24) is 41.3 Å². The Hall–Kier alpha value is -6.85. The number of ether oxygens (including phenoxy) is 3. The van der Waals surface area contributed by atoms with Crippen LogP contribution in [-0.2, 0) is 54.4 Å².